The highest BCUT2D eigenvalue weighted by Gasteiger charge is 2.32. The van der Waals surface area contributed by atoms with E-state index < -0.39 is 16.1 Å². The van der Waals surface area contributed by atoms with E-state index in [0.717, 1.165) is 5.56 Å². The average molecular weight is 416 g/mol. The largest absolute Gasteiger partial charge is 0.495 e. The minimum Gasteiger partial charge on any atom is -0.495 e. The Morgan fingerprint density at radius 1 is 1.21 bits per heavy atom. The zero-order valence-electron chi connectivity index (χ0n) is 16.9. The Labute approximate surface area is 171 Å². The van der Waals surface area contributed by atoms with Gasteiger partial charge in [0, 0.05) is 5.56 Å². The van der Waals surface area contributed by atoms with E-state index in [0.29, 0.717) is 23.4 Å². The highest BCUT2D eigenvalue weighted by Crippen LogP contribution is 2.27. The van der Waals surface area contributed by atoms with E-state index in [1.807, 2.05) is 32.9 Å². The molecule has 2 N–H and O–H groups in total. The van der Waals surface area contributed by atoms with Crippen LogP contribution < -0.4 is 14.8 Å². The molecule has 0 saturated heterocycles. The van der Waals surface area contributed by atoms with Gasteiger partial charge in [-0.3, -0.25) is 14.5 Å². The predicted molar refractivity (Wildman–Crippen MR) is 113 cm³/mol. The van der Waals surface area contributed by atoms with Gasteiger partial charge in [-0.2, -0.15) is 0 Å². The van der Waals surface area contributed by atoms with Crippen LogP contribution in [0.4, 0.5) is 5.69 Å². The van der Waals surface area contributed by atoms with Crippen molar-refractivity contribution in [3.8, 4) is 5.75 Å². The molecule has 3 rings (SSSR count). The number of amidine groups is 1. The lowest BCUT2D eigenvalue weighted by atomic mass is 10.0. The number of methoxy groups -OCH3 is 1. The number of benzene rings is 2. The first-order valence-corrected chi connectivity index (χ1v) is 10.8. The van der Waals surface area contributed by atoms with Crippen LogP contribution in [0.5, 0.6) is 5.75 Å². The summed E-state index contributed by atoms with van der Waals surface area (Å²) in [5.74, 6) is 0.603. The van der Waals surface area contributed by atoms with Crippen LogP contribution in [0.25, 0.3) is 0 Å². The first-order chi connectivity index (χ1) is 13.7. The summed E-state index contributed by atoms with van der Waals surface area (Å²) in [5.41, 5.74) is 2.01. The molecule has 8 heteroatoms. The van der Waals surface area contributed by atoms with Crippen molar-refractivity contribution in [2.75, 3.05) is 12.4 Å². The SMILES string of the molecule is COc1ccc(C)cc1NC(=O)[C@@H](CC(C)C)N=C1NS(=O)(=O)c2ccccc21. The smallest absolute Gasteiger partial charge is 0.263 e. The van der Waals surface area contributed by atoms with Crippen molar-refractivity contribution in [3.05, 3.63) is 53.6 Å². The molecular formula is C21H25N3O4S. The molecule has 154 valence electrons. The van der Waals surface area contributed by atoms with Gasteiger partial charge in [-0.1, -0.05) is 32.0 Å². The number of carbonyl (C=O) groups excluding carboxylic acids is 1. The molecule has 0 saturated carbocycles. The van der Waals surface area contributed by atoms with Crippen LogP contribution in [0.2, 0.25) is 0 Å². The molecule has 0 radical (unpaired) electrons. The fourth-order valence-electron chi connectivity index (χ4n) is 3.19. The minimum atomic E-state index is -3.66. The van der Waals surface area contributed by atoms with Crippen LogP contribution in [0.1, 0.15) is 31.4 Å². The van der Waals surface area contributed by atoms with Gasteiger partial charge in [-0.25, -0.2) is 8.42 Å². The maximum Gasteiger partial charge on any atom is 0.263 e. The van der Waals surface area contributed by atoms with Gasteiger partial charge in [0.25, 0.3) is 10.0 Å². The van der Waals surface area contributed by atoms with Crippen molar-refractivity contribution in [2.24, 2.45) is 10.9 Å². The fourth-order valence-corrected chi connectivity index (χ4v) is 4.43. The topological polar surface area (TPSA) is 96.9 Å². The number of fused-ring (bicyclic) bond motifs is 1. The summed E-state index contributed by atoms with van der Waals surface area (Å²) in [4.78, 5) is 17.7. The minimum absolute atomic E-state index is 0.169. The molecule has 2 aromatic carbocycles. The lowest BCUT2D eigenvalue weighted by Crippen LogP contribution is -2.31. The maximum atomic E-state index is 13.0. The number of aliphatic imine (C=N–C) groups is 1. The van der Waals surface area contributed by atoms with E-state index in [1.54, 1.807) is 24.3 Å². The molecule has 2 aromatic rings. The van der Waals surface area contributed by atoms with Crippen molar-refractivity contribution in [1.82, 2.24) is 4.72 Å². The van der Waals surface area contributed by atoms with E-state index >= 15 is 0 Å². The second-order valence-corrected chi connectivity index (χ2v) is 9.07. The summed E-state index contributed by atoms with van der Waals surface area (Å²) < 4.78 is 32.5. The summed E-state index contributed by atoms with van der Waals surface area (Å²) in [7, 11) is -2.12. The van der Waals surface area contributed by atoms with E-state index in [4.69, 9.17) is 4.74 Å². The number of hydrogen-bond acceptors (Lipinski definition) is 5. The van der Waals surface area contributed by atoms with Crippen molar-refractivity contribution in [1.29, 1.82) is 0 Å². The van der Waals surface area contributed by atoms with Gasteiger partial charge in [0.05, 0.1) is 17.7 Å². The average Bonchev–Trinajstić information content (AvgIpc) is 2.92. The third-order valence-electron chi connectivity index (χ3n) is 4.56. The molecule has 1 aliphatic rings. The standard InChI is InChI=1S/C21H25N3O4S/c1-13(2)11-17(21(25)23-16-12-14(3)9-10-18(16)28-4)22-20-15-7-5-6-8-19(15)29(26,27)24-20/h5-10,12-13,17H,11H2,1-4H3,(H,22,24)(H,23,25)/t17-/m1/s1. The van der Waals surface area contributed by atoms with E-state index in [-0.39, 0.29) is 22.6 Å². The molecule has 0 fully saturated rings. The zero-order valence-corrected chi connectivity index (χ0v) is 17.7. The lowest BCUT2D eigenvalue weighted by Gasteiger charge is -2.17. The summed E-state index contributed by atoms with van der Waals surface area (Å²) in [5, 5.41) is 2.88. The van der Waals surface area contributed by atoms with Gasteiger partial charge in [-0.05, 0) is 49.1 Å². The number of sulfonamides is 1. The van der Waals surface area contributed by atoms with E-state index in [9.17, 15) is 13.2 Å². The van der Waals surface area contributed by atoms with Gasteiger partial charge in [0.1, 0.15) is 17.6 Å². The van der Waals surface area contributed by atoms with Gasteiger partial charge in [-0.15, -0.1) is 0 Å². The van der Waals surface area contributed by atoms with Crippen LogP contribution >= 0.6 is 0 Å². The van der Waals surface area contributed by atoms with Crippen LogP contribution in [0, 0.1) is 12.8 Å². The molecule has 1 heterocycles. The number of carbonyl (C=O) groups is 1. The molecule has 1 atom stereocenters. The molecule has 0 spiro atoms. The van der Waals surface area contributed by atoms with Gasteiger partial charge < -0.3 is 10.1 Å². The molecule has 0 aliphatic carbocycles. The van der Waals surface area contributed by atoms with Crippen molar-refractivity contribution >= 4 is 27.5 Å². The maximum absolute atomic E-state index is 13.0. The Hall–Kier alpha value is -2.87. The van der Waals surface area contributed by atoms with Crippen LogP contribution in [0.3, 0.4) is 0 Å². The Morgan fingerprint density at radius 2 is 1.93 bits per heavy atom. The number of amides is 1. The number of nitrogens with one attached hydrogen (secondary N) is 2. The Morgan fingerprint density at radius 3 is 2.62 bits per heavy atom. The van der Waals surface area contributed by atoms with Gasteiger partial charge >= 0.3 is 0 Å². The lowest BCUT2D eigenvalue weighted by molar-refractivity contribution is -0.117. The van der Waals surface area contributed by atoms with Gasteiger partial charge in [0.15, 0.2) is 0 Å². The second kappa shape index (κ2) is 8.24. The first-order valence-electron chi connectivity index (χ1n) is 9.37. The summed E-state index contributed by atoms with van der Waals surface area (Å²) in [6, 6.07) is 11.3. The zero-order chi connectivity index (χ0) is 21.2. The number of nitrogens with zero attached hydrogens (tertiary/aromatic N) is 1. The number of ether oxygens (including phenoxy) is 1. The Balaban J connectivity index is 1.95. The number of hydrogen-bond donors (Lipinski definition) is 2. The molecule has 0 aromatic heterocycles. The molecule has 29 heavy (non-hydrogen) atoms. The fraction of sp³-hybridized carbons (Fsp3) is 0.333. The third kappa shape index (κ3) is 4.59. The highest BCUT2D eigenvalue weighted by atomic mass is 32.2. The molecule has 1 aliphatic heterocycles. The summed E-state index contributed by atoms with van der Waals surface area (Å²) >= 11 is 0. The van der Waals surface area contributed by atoms with E-state index in [2.05, 4.69) is 15.0 Å². The quantitative estimate of drug-likeness (QED) is 0.758. The van der Waals surface area contributed by atoms with Crippen LogP contribution in [-0.2, 0) is 14.8 Å². The second-order valence-electron chi connectivity index (χ2n) is 7.42. The first kappa shape index (κ1) is 20.9. The molecule has 0 unspecified atom stereocenters. The number of anilines is 1. The van der Waals surface area contributed by atoms with E-state index in [1.165, 1.54) is 13.2 Å². The Bertz CT molecular complexity index is 1060. The normalized spacial score (nSPS) is 16.9. The third-order valence-corrected chi connectivity index (χ3v) is 5.95. The van der Waals surface area contributed by atoms with Crippen molar-refractivity contribution in [3.63, 3.8) is 0 Å². The summed E-state index contributed by atoms with van der Waals surface area (Å²) in [6.07, 6.45) is 0.466. The van der Waals surface area contributed by atoms with Crippen LogP contribution in [0.15, 0.2) is 52.4 Å². The van der Waals surface area contributed by atoms with Crippen molar-refractivity contribution in [2.45, 2.75) is 38.1 Å². The summed E-state index contributed by atoms with van der Waals surface area (Å²) in [6.45, 7) is 5.89. The van der Waals surface area contributed by atoms with Gasteiger partial charge in [0.2, 0.25) is 5.91 Å². The number of aryl methyl sites for hydroxylation is 1. The monoisotopic (exact) mass is 415 g/mol. The molecule has 0 bridgehead atoms. The number of rotatable bonds is 6. The van der Waals surface area contributed by atoms with Crippen LogP contribution in [-0.4, -0.2) is 33.3 Å². The highest BCUT2D eigenvalue weighted by molar-refractivity contribution is 7.90. The predicted octanol–water partition coefficient (Wildman–Crippen LogP) is 3.10. The molecule has 7 nitrogen and oxygen atoms in total. The molecule has 1 amide bonds. The Kier molecular flexibility index (Phi) is 5.93. The molecular weight excluding hydrogens is 390 g/mol. The van der Waals surface area contributed by atoms with Crippen molar-refractivity contribution < 1.29 is 17.9 Å².